The Morgan fingerprint density at radius 1 is 1.29 bits per heavy atom. The maximum atomic E-state index is 12.9. The zero-order valence-electron chi connectivity index (χ0n) is 12.1. The minimum Gasteiger partial charge on any atom is -0.336 e. The molecule has 0 saturated carbocycles. The summed E-state index contributed by atoms with van der Waals surface area (Å²) in [5.41, 5.74) is 0.747. The lowest BCUT2D eigenvalue weighted by Gasteiger charge is -2.37. The first-order valence-electron chi connectivity index (χ1n) is 7.60. The highest BCUT2D eigenvalue weighted by atomic mass is 79.9. The van der Waals surface area contributed by atoms with E-state index in [9.17, 15) is 4.79 Å². The second kappa shape index (κ2) is 6.39. The number of rotatable bonds is 3. The molecule has 1 amide bonds. The molecule has 2 fully saturated rings. The van der Waals surface area contributed by atoms with E-state index in [4.69, 9.17) is 0 Å². The number of carbonyl (C=O) groups excluding carboxylic acids is 1. The molecule has 114 valence electrons. The molecule has 2 aliphatic rings. The quantitative estimate of drug-likeness (QED) is 0.810. The Hall–Kier alpha value is -0.390. The van der Waals surface area contributed by atoms with E-state index in [1.807, 2.05) is 18.2 Å². The van der Waals surface area contributed by atoms with E-state index in [0.717, 1.165) is 33.9 Å². The zero-order valence-corrected chi connectivity index (χ0v) is 15.3. The van der Waals surface area contributed by atoms with Gasteiger partial charge < -0.3 is 10.2 Å². The van der Waals surface area contributed by atoms with Crippen LogP contribution in [0.15, 0.2) is 27.1 Å². The fraction of sp³-hybridized carbons (Fsp3) is 0.562. The van der Waals surface area contributed by atoms with Gasteiger partial charge in [0.15, 0.2) is 0 Å². The molecule has 3 rings (SSSR count). The Balaban J connectivity index is 1.82. The lowest BCUT2D eigenvalue weighted by Crippen LogP contribution is -2.50. The van der Waals surface area contributed by atoms with Crippen molar-refractivity contribution in [2.24, 2.45) is 0 Å². The van der Waals surface area contributed by atoms with E-state index in [1.54, 1.807) is 0 Å². The fourth-order valence-corrected chi connectivity index (χ4v) is 4.44. The van der Waals surface area contributed by atoms with Crippen molar-refractivity contribution in [3.8, 4) is 0 Å². The number of carbonyl (C=O) groups is 1. The van der Waals surface area contributed by atoms with Gasteiger partial charge in [-0.05, 0) is 66.7 Å². The van der Waals surface area contributed by atoms with Crippen molar-refractivity contribution >= 4 is 37.8 Å². The molecule has 2 bridgehead atoms. The Morgan fingerprint density at radius 3 is 2.57 bits per heavy atom. The SMILES string of the molecule is CCN(C(=O)c1cc(Br)ccc1Br)C1CC2CCC(C1)N2. The topological polar surface area (TPSA) is 32.3 Å². The highest BCUT2D eigenvalue weighted by Crippen LogP contribution is 2.31. The fourth-order valence-electron chi connectivity index (χ4n) is 3.67. The molecule has 0 radical (unpaired) electrons. The predicted molar refractivity (Wildman–Crippen MR) is 91.5 cm³/mol. The highest BCUT2D eigenvalue weighted by Gasteiger charge is 2.37. The zero-order chi connectivity index (χ0) is 15.0. The molecule has 1 aromatic carbocycles. The number of hydrogen-bond acceptors (Lipinski definition) is 2. The number of nitrogens with one attached hydrogen (secondary N) is 1. The number of benzene rings is 1. The first-order valence-corrected chi connectivity index (χ1v) is 9.19. The standard InChI is InChI=1S/C16H20Br2N2O/c1-2-20(13-8-11-4-5-12(9-13)19-11)16(21)14-7-10(17)3-6-15(14)18/h3,6-7,11-13,19H,2,4-5,8-9H2,1H3. The summed E-state index contributed by atoms with van der Waals surface area (Å²) in [6, 6.07) is 7.35. The van der Waals surface area contributed by atoms with E-state index >= 15 is 0 Å². The molecule has 1 N–H and O–H groups in total. The second-order valence-electron chi connectivity index (χ2n) is 5.98. The normalized spacial score (nSPS) is 27.7. The third-order valence-electron chi connectivity index (χ3n) is 4.65. The van der Waals surface area contributed by atoms with Crippen molar-refractivity contribution in [3.63, 3.8) is 0 Å². The van der Waals surface area contributed by atoms with Crippen molar-refractivity contribution in [3.05, 3.63) is 32.7 Å². The average Bonchev–Trinajstić information content (AvgIpc) is 2.81. The van der Waals surface area contributed by atoms with Crippen LogP contribution in [-0.4, -0.2) is 35.5 Å². The summed E-state index contributed by atoms with van der Waals surface area (Å²) in [6.07, 6.45) is 4.68. The summed E-state index contributed by atoms with van der Waals surface area (Å²) in [5, 5.41) is 3.64. The van der Waals surface area contributed by atoms with Gasteiger partial charge in [0.1, 0.15) is 0 Å². The third kappa shape index (κ3) is 3.20. The molecule has 2 atom stereocenters. The van der Waals surface area contributed by atoms with Crippen LogP contribution in [0.2, 0.25) is 0 Å². The molecular formula is C16H20Br2N2O. The van der Waals surface area contributed by atoms with Crippen molar-refractivity contribution < 1.29 is 4.79 Å². The van der Waals surface area contributed by atoms with E-state index in [1.165, 1.54) is 12.8 Å². The van der Waals surface area contributed by atoms with Crippen LogP contribution >= 0.6 is 31.9 Å². The lowest BCUT2D eigenvalue weighted by atomic mass is 9.97. The molecule has 2 heterocycles. The van der Waals surface area contributed by atoms with Gasteiger partial charge in [-0.3, -0.25) is 4.79 Å². The van der Waals surface area contributed by atoms with Crippen LogP contribution < -0.4 is 5.32 Å². The molecule has 5 heteroatoms. The second-order valence-corrected chi connectivity index (χ2v) is 7.75. The van der Waals surface area contributed by atoms with Crippen LogP contribution in [0.5, 0.6) is 0 Å². The van der Waals surface area contributed by atoms with E-state index in [-0.39, 0.29) is 5.91 Å². The van der Waals surface area contributed by atoms with E-state index in [2.05, 4.69) is 49.0 Å². The van der Waals surface area contributed by atoms with Crippen molar-refractivity contribution in [2.45, 2.75) is 50.7 Å². The smallest absolute Gasteiger partial charge is 0.255 e. The Kier molecular flexibility index (Phi) is 4.71. The maximum Gasteiger partial charge on any atom is 0.255 e. The van der Waals surface area contributed by atoms with Crippen LogP contribution in [0.1, 0.15) is 43.0 Å². The summed E-state index contributed by atoms with van der Waals surface area (Å²) in [7, 11) is 0. The summed E-state index contributed by atoms with van der Waals surface area (Å²) in [6.45, 7) is 2.84. The summed E-state index contributed by atoms with van der Waals surface area (Å²) < 4.78 is 1.81. The summed E-state index contributed by atoms with van der Waals surface area (Å²) in [5.74, 6) is 0.136. The molecular weight excluding hydrogens is 396 g/mol. The van der Waals surface area contributed by atoms with Gasteiger partial charge in [0.25, 0.3) is 5.91 Å². The van der Waals surface area contributed by atoms with Gasteiger partial charge in [-0.2, -0.15) is 0 Å². The first-order chi connectivity index (χ1) is 10.1. The van der Waals surface area contributed by atoms with Gasteiger partial charge in [0, 0.05) is 33.6 Å². The molecule has 0 aliphatic carbocycles. The van der Waals surface area contributed by atoms with Gasteiger partial charge in [0.05, 0.1) is 5.56 Å². The lowest BCUT2D eigenvalue weighted by molar-refractivity contribution is 0.0630. The molecule has 3 nitrogen and oxygen atoms in total. The molecule has 21 heavy (non-hydrogen) atoms. The van der Waals surface area contributed by atoms with Crippen LogP contribution in [0.3, 0.4) is 0 Å². The van der Waals surface area contributed by atoms with Crippen molar-refractivity contribution in [1.82, 2.24) is 10.2 Å². The molecule has 2 saturated heterocycles. The number of nitrogens with zero attached hydrogens (tertiary/aromatic N) is 1. The largest absolute Gasteiger partial charge is 0.336 e. The number of amides is 1. The monoisotopic (exact) mass is 414 g/mol. The van der Waals surface area contributed by atoms with Crippen molar-refractivity contribution in [1.29, 1.82) is 0 Å². The average molecular weight is 416 g/mol. The van der Waals surface area contributed by atoms with Gasteiger partial charge in [-0.25, -0.2) is 0 Å². The predicted octanol–water partition coefficient (Wildman–Crippen LogP) is 3.96. The number of piperidine rings is 1. The van der Waals surface area contributed by atoms with Gasteiger partial charge in [-0.15, -0.1) is 0 Å². The molecule has 0 spiro atoms. The molecule has 0 aromatic heterocycles. The van der Waals surface area contributed by atoms with Crippen LogP contribution in [-0.2, 0) is 0 Å². The first kappa shape index (κ1) is 15.5. The number of fused-ring (bicyclic) bond motifs is 2. The number of hydrogen-bond donors (Lipinski definition) is 1. The molecule has 1 aromatic rings. The number of halogens is 2. The van der Waals surface area contributed by atoms with Crippen LogP contribution in [0.25, 0.3) is 0 Å². The van der Waals surface area contributed by atoms with Crippen molar-refractivity contribution in [2.75, 3.05) is 6.54 Å². The Labute approximate surface area is 142 Å². The van der Waals surface area contributed by atoms with Gasteiger partial charge in [0.2, 0.25) is 0 Å². The van der Waals surface area contributed by atoms with E-state index < -0.39 is 0 Å². The van der Waals surface area contributed by atoms with E-state index in [0.29, 0.717) is 18.1 Å². The molecule has 2 unspecified atom stereocenters. The summed E-state index contributed by atoms with van der Waals surface area (Å²) >= 11 is 6.97. The van der Waals surface area contributed by atoms with Crippen LogP contribution in [0.4, 0.5) is 0 Å². The van der Waals surface area contributed by atoms with Gasteiger partial charge >= 0.3 is 0 Å². The minimum absolute atomic E-state index is 0.136. The van der Waals surface area contributed by atoms with Crippen LogP contribution in [0, 0.1) is 0 Å². The molecule has 2 aliphatic heterocycles. The maximum absolute atomic E-state index is 12.9. The Morgan fingerprint density at radius 2 is 1.95 bits per heavy atom. The third-order valence-corrected chi connectivity index (χ3v) is 5.83. The summed E-state index contributed by atoms with van der Waals surface area (Å²) in [4.78, 5) is 15.0. The van der Waals surface area contributed by atoms with Gasteiger partial charge in [-0.1, -0.05) is 15.9 Å². The Bertz CT molecular complexity index is 537. The highest BCUT2D eigenvalue weighted by molar-refractivity contribution is 9.11. The minimum atomic E-state index is 0.136.